The van der Waals surface area contributed by atoms with E-state index < -0.39 is 24.3 Å². The van der Waals surface area contributed by atoms with Crippen molar-refractivity contribution in [1.82, 2.24) is 4.98 Å². The van der Waals surface area contributed by atoms with Crippen LogP contribution in [0.5, 0.6) is 5.88 Å². The number of rotatable bonds is 6. The average Bonchev–Trinajstić information content (AvgIpc) is 3.42. The zero-order chi connectivity index (χ0) is 19.6. The zero-order valence-electron chi connectivity index (χ0n) is 14.9. The number of benzene rings is 1. The molecule has 1 aliphatic rings. The van der Waals surface area contributed by atoms with Crippen molar-refractivity contribution in [2.75, 3.05) is 10.6 Å². The molecule has 144 valence electrons. The molecular formula is C19H20F3N3O2. The van der Waals surface area contributed by atoms with Crippen molar-refractivity contribution in [1.29, 1.82) is 0 Å². The summed E-state index contributed by atoms with van der Waals surface area (Å²) in [6.45, 7) is 0.812. The molecule has 3 rings (SSSR count). The molecule has 2 aromatic rings. The van der Waals surface area contributed by atoms with E-state index in [-0.39, 0.29) is 23.2 Å². The van der Waals surface area contributed by atoms with E-state index in [1.807, 2.05) is 26.0 Å². The largest absolute Gasteiger partial charge is 0.415 e. The highest BCUT2D eigenvalue weighted by Crippen LogP contribution is 2.42. The first-order valence-electron chi connectivity index (χ1n) is 8.67. The maximum absolute atomic E-state index is 14.2. The van der Waals surface area contributed by atoms with Gasteiger partial charge in [0, 0.05) is 17.7 Å². The number of hydrogen-bond donors (Lipinski definition) is 2. The van der Waals surface area contributed by atoms with Gasteiger partial charge in [-0.15, -0.1) is 0 Å². The molecule has 1 aromatic carbocycles. The Morgan fingerprint density at radius 3 is 2.48 bits per heavy atom. The number of carbonyl (C=O) groups excluding carboxylic acids is 1. The Kier molecular flexibility index (Phi) is 5.53. The van der Waals surface area contributed by atoms with Crippen molar-refractivity contribution in [3.8, 4) is 5.88 Å². The lowest BCUT2D eigenvalue weighted by molar-refractivity contribution is -0.0525. The number of aromatic nitrogens is 1. The molecule has 1 heterocycles. The summed E-state index contributed by atoms with van der Waals surface area (Å²) in [5.41, 5.74) is 1.31. The normalized spacial score (nSPS) is 13.7. The summed E-state index contributed by atoms with van der Waals surface area (Å²) in [5, 5.41) is 4.99. The third-order valence-corrected chi connectivity index (χ3v) is 4.21. The quantitative estimate of drug-likeness (QED) is 0.700. The fourth-order valence-electron chi connectivity index (χ4n) is 2.78. The summed E-state index contributed by atoms with van der Waals surface area (Å²) in [7, 11) is 0. The molecule has 0 unspecified atom stereocenters. The first kappa shape index (κ1) is 19.0. The molecule has 1 saturated carbocycles. The minimum absolute atomic E-state index is 0.0850. The van der Waals surface area contributed by atoms with Crippen LogP contribution in [0.25, 0.3) is 0 Å². The van der Waals surface area contributed by atoms with Gasteiger partial charge < -0.3 is 15.4 Å². The standard InChI is InChI=1S/C19H20F3N3O2/c1-10(2)12-5-3-4-6-14(12)23-19(26)24-15-9-13(20)16(11-7-8-11)25-17(15)27-18(21)22/h3-6,9-11,18H,7-8H2,1-2H3,(H2,23,24,26). The van der Waals surface area contributed by atoms with Gasteiger partial charge in [0.05, 0.1) is 5.69 Å². The number of pyridine rings is 1. The molecule has 0 atom stereocenters. The summed E-state index contributed by atoms with van der Waals surface area (Å²) in [5.74, 6) is -1.08. The van der Waals surface area contributed by atoms with Gasteiger partial charge in [0.15, 0.2) is 0 Å². The third kappa shape index (κ3) is 4.69. The molecule has 0 spiro atoms. The topological polar surface area (TPSA) is 63.2 Å². The van der Waals surface area contributed by atoms with Gasteiger partial charge in [-0.05, 0) is 30.4 Å². The highest BCUT2D eigenvalue weighted by molar-refractivity contribution is 6.01. The minimum Gasteiger partial charge on any atom is -0.415 e. The predicted molar refractivity (Wildman–Crippen MR) is 96.0 cm³/mol. The number of alkyl halides is 2. The van der Waals surface area contributed by atoms with Gasteiger partial charge in [-0.1, -0.05) is 32.0 Å². The summed E-state index contributed by atoms with van der Waals surface area (Å²) in [6, 6.07) is 7.47. The van der Waals surface area contributed by atoms with Crippen LogP contribution < -0.4 is 15.4 Å². The fraction of sp³-hybridized carbons (Fsp3) is 0.368. The maximum atomic E-state index is 14.2. The summed E-state index contributed by atoms with van der Waals surface area (Å²) >= 11 is 0. The van der Waals surface area contributed by atoms with Crippen LogP contribution >= 0.6 is 0 Å². The number of nitrogens with one attached hydrogen (secondary N) is 2. The van der Waals surface area contributed by atoms with E-state index in [9.17, 15) is 18.0 Å². The number of nitrogens with zero attached hydrogens (tertiary/aromatic N) is 1. The van der Waals surface area contributed by atoms with Crippen molar-refractivity contribution in [2.24, 2.45) is 0 Å². The number of hydrogen-bond acceptors (Lipinski definition) is 3. The lowest BCUT2D eigenvalue weighted by atomic mass is 10.0. The molecule has 8 heteroatoms. The van der Waals surface area contributed by atoms with Crippen molar-refractivity contribution in [2.45, 2.75) is 45.1 Å². The van der Waals surface area contributed by atoms with E-state index in [0.717, 1.165) is 24.5 Å². The Morgan fingerprint density at radius 1 is 1.19 bits per heavy atom. The van der Waals surface area contributed by atoms with Crippen molar-refractivity contribution in [3.05, 3.63) is 47.4 Å². The number of carbonyl (C=O) groups is 1. The van der Waals surface area contributed by atoms with Gasteiger partial charge in [-0.25, -0.2) is 14.2 Å². The Hall–Kier alpha value is -2.77. The Bertz CT molecular complexity index is 839. The molecule has 1 fully saturated rings. The number of para-hydroxylation sites is 1. The fourth-order valence-corrected chi connectivity index (χ4v) is 2.78. The highest BCUT2D eigenvalue weighted by atomic mass is 19.3. The van der Waals surface area contributed by atoms with Gasteiger partial charge in [-0.3, -0.25) is 0 Å². The first-order valence-corrected chi connectivity index (χ1v) is 8.67. The van der Waals surface area contributed by atoms with Gasteiger partial charge in [0.25, 0.3) is 0 Å². The van der Waals surface area contributed by atoms with Crippen LogP contribution in [0.15, 0.2) is 30.3 Å². The molecule has 1 aliphatic carbocycles. The molecule has 2 amide bonds. The second-order valence-corrected chi connectivity index (χ2v) is 6.68. The molecule has 0 radical (unpaired) electrons. The minimum atomic E-state index is -3.14. The first-order chi connectivity index (χ1) is 12.8. The van der Waals surface area contributed by atoms with E-state index in [1.54, 1.807) is 12.1 Å². The van der Waals surface area contributed by atoms with Crippen LogP contribution in [-0.4, -0.2) is 17.6 Å². The predicted octanol–water partition coefficient (Wildman–Crippen LogP) is 5.47. The lowest BCUT2D eigenvalue weighted by Gasteiger charge is -2.16. The summed E-state index contributed by atoms with van der Waals surface area (Å²) in [4.78, 5) is 16.2. The molecule has 0 saturated heterocycles. The molecule has 0 bridgehead atoms. The van der Waals surface area contributed by atoms with Crippen LogP contribution in [0, 0.1) is 5.82 Å². The van der Waals surface area contributed by atoms with Crippen LogP contribution in [-0.2, 0) is 0 Å². The zero-order valence-corrected chi connectivity index (χ0v) is 14.9. The molecule has 1 aromatic heterocycles. The molecule has 0 aliphatic heterocycles. The van der Waals surface area contributed by atoms with Crippen molar-refractivity contribution < 1.29 is 22.7 Å². The molecular weight excluding hydrogens is 359 g/mol. The van der Waals surface area contributed by atoms with Gasteiger partial charge in [-0.2, -0.15) is 8.78 Å². The van der Waals surface area contributed by atoms with Gasteiger partial charge >= 0.3 is 12.6 Å². The summed E-state index contributed by atoms with van der Waals surface area (Å²) < 4.78 is 44.0. The van der Waals surface area contributed by atoms with E-state index in [4.69, 9.17) is 0 Å². The van der Waals surface area contributed by atoms with Gasteiger partial charge in [0.1, 0.15) is 11.5 Å². The van der Waals surface area contributed by atoms with Crippen LogP contribution in [0.4, 0.5) is 29.3 Å². The van der Waals surface area contributed by atoms with Crippen molar-refractivity contribution in [3.63, 3.8) is 0 Å². The third-order valence-electron chi connectivity index (χ3n) is 4.21. The Labute approximate surface area is 154 Å². The number of urea groups is 1. The second kappa shape index (κ2) is 7.85. The Balaban J connectivity index is 1.82. The number of ether oxygens (including phenoxy) is 1. The number of halogens is 3. The van der Waals surface area contributed by atoms with Crippen LogP contribution in [0.3, 0.4) is 0 Å². The van der Waals surface area contributed by atoms with Crippen molar-refractivity contribution >= 4 is 17.4 Å². The molecule has 5 nitrogen and oxygen atoms in total. The average molecular weight is 379 g/mol. The van der Waals surface area contributed by atoms with E-state index >= 15 is 0 Å². The van der Waals surface area contributed by atoms with E-state index in [2.05, 4.69) is 20.4 Å². The van der Waals surface area contributed by atoms with E-state index in [1.165, 1.54) is 0 Å². The van der Waals surface area contributed by atoms with E-state index in [0.29, 0.717) is 5.69 Å². The highest BCUT2D eigenvalue weighted by Gasteiger charge is 2.30. The number of amides is 2. The SMILES string of the molecule is CC(C)c1ccccc1NC(=O)Nc1cc(F)c(C2CC2)nc1OC(F)F. The van der Waals surface area contributed by atoms with Crippen LogP contribution in [0.2, 0.25) is 0 Å². The monoisotopic (exact) mass is 379 g/mol. The maximum Gasteiger partial charge on any atom is 0.388 e. The lowest BCUT2D eigenvalue weighted by Crippen LogP contribution is -2.22. The summed E-state index contributed by atoms with van der Waals surface area (Å²) in [6.07, 6.45) is 1.49. The molecule has 27 heavy (non-hydrogen) atoms. The van der Waals surface area contributed by atoms with Crippen LogP contribution in [0.1, 0.15) is 49.8 Å². The molecule has 2 N–H and O–H groups in total. The Morgan fingerprint density at radius 2 is 1.85 bits per heavy atom. The smallest absolute Gasteiger partial charge is 0.388 e. The second-order valence-electron chi connectivity index (χ2n) is 6.68. The number of anilines is 2. The van der Waals surface area contributed by atoms with Gasteiger partial charge in [0.2, 0.25) is 5.88 Å².